The highest BCUT2D eigenvalue weighted by atomic mass is 16.7. The quantitative estimate of drug-likeness (QED) is 0.829. The van der Waals surface area contributed by atoms with Crippen LogP contribution in [0.5, 0.6) is 5.75 Å². The van der Waals surface area contributed by atoms with E-state index >= 15 is 0 Å². The van der Waals surface area contributed by atoms with Crippen LogP contribution >= 0.6 is 0 Å². The lowest BCUT2D eigenvalue weighted by molar-refractivity contribution is -0.180. The molecule has 0 spiro atoms. The fraction of sp³-hybridized carbons (Fsp3) is 0.632. The van der Waals surface area contributed by atoms with Crippen LogP contribution in [0, 0.1) is 5.92 Å². The standard InChI is InChI=1S/C19H26N2O5/c1-19(2)25-11-14-13(10-20-15(16(14)26-19)18(23)24-3)17(22)21-9-12-7-5-4-6-8-12/h10,12H,4-9,11H2,1-3H3,(H,21,22). The van der Waals surface area contributed by atoms with Crippen molar-refractivity contribution >= 4 is 11.9 Å². The van der Waals surface area contributed by atoms with E-state index in [1.807, 2.05) is 0 Å². The number of hydrogen-bond donors (Lipinski definition) is 1. The van der Waals surface area contributed by atoms with Gasteiger partial charge in [0.1, 0.15) is 0 Å². The third kappa shape index (κ3) is 3.98. The van der Waals surface area contributed by atoms with Crippen molar-refractivity contribution in [3.63, 3.8) is 0 Å². The van der Waals surface area contributed by atoms with Crippen LogP contribution in [0.4, 0.5) is 0 Å². The highest BCUT2D eigenvalue weighted by Crippen LogP contribution is 2.35. The number of hydrogen-bond acceptors (Lipinski definition) is 6. The lowest BCUT2D eigenvalue weighted by atomic mass is 9.89. The molecule has 1 fully saturated rings. The molecule has 1 aromatic rings. The number of aromatic nitrogens is 1. The molecule has 7 heteroatoms. The van der Waals surface area contributed by atoms with Gasteiger partial charge in [-0.15, -0.1) is 0 Å². The summed E-state index contributed by atoms with van der Waals surface area (Å²) in [5, 5.41) is 3.00. The number of esters is 1. The van der Waals surface area contributed by atoms with Crippen molar-refractivity contribution < 1.29 is 23.8 Å². The first kappa shape index (κ1) is 18.6. The Bertz CT molecular complexity index is 695. The van der Waals surface area contributed by atoms with E-state index in [-0.39, 0.29) is 24.0 Å². The zero-order chi connectivity index (χ0) is 18.7. The van der Waals surface area contributed by atoms with Crippen LogP contribution in [0.25, 0.3) is 0 Å². The summed E-state index contributed by atoms with van der Waals surface area (Å²) in [4.78, 5) is 28.8. The smallest absolute Gasteiger partial charge is 0.360 e. The first-order chi connectivity index (χ1) is 12.4. The van der Waals surface area contributed by atoms with Crippen molar-refractivity contribution in [1.29, 1.82) is 0 Å². The van der Waals surface area contributed by atoms with Crippen molar-refractivity contribution in [2.75, 3.05) is 13.7 Å². The second-order valence-corrected chi connectivity index (χ2v) is 7.32. The molecular formula is C19H26N2O5. The molecule has 0 unspecified atom stereocenters. The third-order valence-electron chi connectivity index (χ3n) is 4.95. The highest BCUT2D eigenvalue weighted by molar-refractivity contribution is 5.98. The summed E-state index contributed by atoms with van der Waals surface area (Å²) in [7, 11) is 1.28. The van der Waals surface area contributed by atoms with Crippen molar-refractivity contribution in [2.45, 2.75) is 58.3 Å². The number of pyridine rings is 1. The molecule has 1 saturated carbocycles. The van der Waals surface area contributed by atoms with Crippen LogP contribution < -0.4 is 10.1 Å². The number of carbonyl (C=O) groups is 2. The molecule has 1 aliphatic carbocycles. The molecule has 7 nitrogen and oxygen atoms in total. The van der Waals surface area contributed by atoms with E-state index in [1.165, 1.54) is 32.6 Å². The summed E-state index contributed by atoms with van der Waals surface area (Å²) in [6.07, 6.45) is 7.43. The average molecular weight is 362 g/mol. The van der Waals surface area contributed by atoms with Gasteiger partial charge >= 0.3 is 5.97 Å². The fourth-order valence-electron chi connectivity index (χ4n) is 3.47. The number of rotatable bonds is 4. The topological polar surface area (TPSA) is 86.8 Å². The number of ether oxygens (including phenoxy) is 3. The summed E-state index contributed by atoms with van der Waals surface area (Å²) < 4.78 is 16.2. The molecule has 0 aromatic carbocycles. The minimum absolute atomic E-state index is 0.0581. The van der Waals surface area contributed by atoms with Crippen LogP contribution in [0.2, 0.25) is 0 Å². The monoisotopic (exact) mass is 362 g/mol. The molecule has 1 aliphatic heterocycles. The van der Waals surface area contributed by atoms with E-state index in [0.717, 1.165) is 12.8 Å². The van der Waals surface area contributed by atoms with Crippen molar-refractivity contribution in [1.82, 2.24) is 10.3 Å². The predicted molar refractivity (Wildman–Crippen MR) is 94.0 cm³/mol. The Hall–Kier alpha value is -2.15. The summed E-state index contributed by atoms with van der Waals surface area (Å²) in [5.74, 6) is -0.944. The van der Waals surface area contributed by atoms with Gasteiger partial charge in [0.2, 0.25) is 5.79 Å². The summed E-state index contributed by atoms with van der Waals surface area (Å²) in [6.45, 7) is 4.31. The van der Waals surface area contributed by atoms with Crippen LogP contribution in [0.3, 0.4) is 0 Å². The van der Waals surface area contributed by atoms with Gasteiger partial charge in [-0.2, -0.15) is 0 Å². The van der Waals surface area contributed by atoms with Gasteiger partial charge in [-0.05, 0) is 18.8 Å². The molecule has 2 heterocycles. The first-order valence-electron chi connectivity index (χ1n) is 9.12. The van der Waals surface area contributed by atoms with Gasteiger partial charge in [0.15, 0.2) is 11.4 Å². The molecule has 3 rings (SSSR count). The second kappa shape index (κ2) is 7.61. The highest BCUT2D eigenvalue weighted by Gasteiger charge is 2.35. The van der Waals surface area contributed by atoms with Crippen molar-refractivity contribution in [2.24, 2.45) is 5.92 Å². The molecule has 26 heavy (non-hydrogen) atoms. The number of nitrogens with one attached hydrogen (secondary N) is 1. The van der Waals surface area contributed by atoms with Gasteiger partial charge in [0, 0.05) is 32.2 Å². The van der Waals surface area contributed by atoms with Gasteiger partial charge < -0.3 is 19.5 Å². The van der Waals surface area contributed by atoms with Gasteiger partial charge in [0.05, 0.1) is 19.3 Å². The summed E-state index contributed by atoms with van der Waals surface area (Å²) in [5.41, 5.74) is 0.961. The predicted octanol–water partition coefficient (Wildman–Crippen LogP) is 2.82. The Morgan fingerprint density at radius 3 is 2.73 bits per heavy atom. The molecule has 0 atom stereocenters. The maximum absolute atomic E-state index is 12.7. The van der Waals surface area contributed by atoms with Gasteiger partial charge in [0.25, 0.3) is 5.91 Å². The van der Waals surface area contributed by atoms with E-state index in [2.05, 4.69) is 10.3 Å². The largest absolute Gasteiger partial charge is 0.464 e. The molecule has 0 bridgehead atoms. The molecular weight excluding hydrogens is 336 g/mol. The minimum Gasteiger partial charge on any atom is -0.464 e. The lowest BCUT2D eigenvalue weighted by Crippen LogP contribution is -2.38. The zero-order valence-electron chi connectivity index (χ0n) is 15.6. The minimum atomic E-state index is -0.908. The normalized spacial score (nSPS) is 19.2. The van der Waals surface area contributed by atoms with Gasteiger partial charge in [-0.1, -0.05) is 19.3 Å². The van der Waals surface area contributed by atoms with Crippen molar-refractivity contribution in [3.05, 3.63) is 23.0 Å². The zero-order valence-corrected chi connectivity index (χ0v) is 15.6. The first-order valence-corrected chi connectivity index (χ1v) is 9.12. The van der Waals surface area contributed by atoms with E-state index < -0.39 is 11.8 Å². The molecule has 142 valence electrons. The Morgan fingerprint density at radius 1 is 1.31 bits per heavy atom. The number of carbonyl (C=O) groups excluding carboxylic acids is 2. The third-order valence-corrected chi connectivity index (χ3v) is 4.95. The van der Waals surface area contributed by atoms with E-state index in [1.54, 1.807) is 13.8 Å². The van der Waals surface area contributed by atoms with Gasteiger partial charge in [-0.25, -0.2) is 9.78 Å². The Balaban J connectivity index is 1.83. The molecule has 0 radical (unpaired) electrons. The maximum Gasteiger partial charge on any atom is 0.360 e. The summed E-state index contributed by atoms with van der Waals surface area (Å²) >= 11 is 0. The van der Waals surface area contributed by atoms with Crippen LogP contribution in [-0.4, -0.2) is 36.3 Å². The Kier molecular flexibility index (Phi) is 5.46. The lowest BCUT2D eigenvalue weighted by Gasteiger charge is -2.33. The Labute approximate surface area is 153 Å². The number of amides is 1. The number of fused-ring (bicyclic) bond motifs is 1. The molecule has 1 amide bonds. The number of methoxy groups -OCH3 is 1. The average Bonchev–Trinajstić information content (AvgIpc) is 2.64. The van der Waals surface area contributed by atoms with E-state index in [4.69, 9.17) is 14.2 Å². The molecule has 0 saturated heterocycles. The van der Waals surface area contributed by atoms with E-state index in [9.17, 15) is 9.59 Å². The van der Waals surface area contributed by atoms with Crippen LogP contribution in [0.15, 0.2) is 6.20 Å². The van der Waals surface area contributed by atoms with E-state index in [0.29, 0.717) is 23.6 Å². The van der Waals surface area contributed by atoms with Crippen molar-refractivity contribution in [3.8, 4) is 5.75 Å². The molecule has 1 aromatic heterocycles. The SMILES string of the molecule is COC(=O)c1ncc(C(=O)NCC2CCCCC2)c2c1OC(C)(C)OC2. The molecule has 2 aliphatic rings. The van der Waals surface area contributed by atoms with Crippen LogP contribution in [0.1, 0.15) is 72.4 Å². The summed E-state index contributed by atoms with van der Waals surface area (Å²) in [6, 6.07) is 0. The number of nitrogens with zero attached hydrogens (tertiary/aromatic N) is 1. The maximum atomic E-state index is 12.7. The Morgan fingerprint density at radius 2 is 2.04 bits per heavy atom. The van der Waals surface area contributed by atoms with Gasteiger partial charge in [-0.3, -0.25) is 4.79 Å². The second-order valence-electron chi connectivity index (χ2n) is 7.32. The molecule has 1 N–H and O–H groups in total. The van der Waals surface area contributed by atoms with Crippen LogP contribution in [-0.2, 0) is 16.1 Å². The fourth-order valence-corrected chi connectivity index (χ4v) is 3.47.